The summed E-state index contributed by atoms with van der Waals surface area (Å²) in [6.07, 6.45) is 2.89. The first-order valence-corrected chi connectivity index (χ1v) is 8.64. The highest BCUT2D eigenvalue weighted by Gasteiger charge is 2.47. The van der Waals surface area contributed by atoms with Crippen molar-refractivity contribution in [3.8, 4) is 6.07 Å². The van der Waals surface area contributed by atoms with Gasteiger partial charge in [0.25, 0.3) is 0 Å². The van der Waals surface area contributed by atoms with E-state index in [9.17, 15) is 8.78 Å². The number of amidine groups is 1. The number of benzene rings is 1. The van der Waals surface area contributed by atoms with Gasteiger partial charge in [-0.1, -0.05) is 18.2 Å². The Balaban J connectivity index is 1.95. The molecule has 2 atom stereocenters. The predicted octanol–water partition coefficient (Wildman–Crippen LogP) is 3.31. The van der Waals surface area contributed by atoms with E-state index in [0.717, 1.165) is 0 Å². The van der Waals surface area contributed by atoms with Crippen LogP contribution in [0.15, 0.2) is 65.9 Å². The Bertz CT molecular complexity index is 1100. The molecule has 138 valence electrons. The van der Waals surface area contributed by atoms with Gasteiger partial charge in [-0.2, -0.15) is 9.65 Å². The molecule has 0 bridgehead atoms. The first-order valence-electron chi connectivity index (χ1n) is 8.64. The molecule has 0 aliphatic carbocycles. The minimum atomic E-state index is -1.14. The summed E-state index contributed by atoms with van der Waals surface area (Å²) in [5, 5.41) is 12.4. The van der Waals surface area contributed by atoms with E-state index in [1.54, 1.807) is 36.4 Å². The first-order chi connectivity index (χ1) is 13.5. The zero-order valence-electron chi connectivity index (χ0n) is 14.9. The van der Waals surface area contributed by atoms with Gasteiger partial charge in [-0.25, -0.2) is 19.4 Å². The maximum Gasteiger partial charge on any atom is 0.218 e. The maximum atomic E-state index is 14.7. The third kappa shape index (κ3) is 2.79. The average molecular weight is 375 g/mol. The molecule has 0 amide bonds. The molecule has 0 saturated heterocycles. The Labute approximate surface area is 160 Å². The van der Waals surface area contributed by atoms with Gasteiger partial charge in [0.2, 0.25) is 5.95 Å². The van der Waals surface area contributed by atoms with Crippen LogP contribution >= 0.6 is 0 Å². The second-order valence-electron chi connectivity index (χ2n) is 6.48. The molecule has 1 N–H and O–H groups in total. The molecule has 5 nitrogen and oxygen atoms in total. The molecule has 1 aliphatic rings. The van der Waals surface area contributed by atoms with E-state index in [0.29, 0.717) is 17.0 Å². The number of nitrogens with zero attached hydrogens (tertiary/aromatic N) is 4. The Hall–Kier alpha value is -3.66. The molecular weight excluding hydrogens is 360 g/mol. The molecule has 0 spiro atoms. The van der Waals surface area contributed by atoms with E-state index in [1.807, 2.05) is 13.0 Å². The molecule has 2 aromatic heterocycles. The van der Waals surface area contributed by atoms with Crippen LogP contribution in [0.4, 0.5) is 8.78 Å². The predicted molar refractivity (Wildman–Crippen MR) is 99.5 cm³/mol. The molecule has 3 aromatic rings. The van der Waals surface area contributed by atoms with Gasteiger partial charge >= 0.3 is 0 Å². The molecule has 7 heteroatoms. The van der Waals surface area contributed by atoms with Crippen molar-refractivity contribution in [2.75, 3.05) is 0 Å². The van der Waals surface area contributed by atoms with Crippen LogP contribution < -0.4 is 5.32 Å². The van der Waals surface area contributed by atoms with E-state index in [1.165, 1.54) is 24.5 Å². The third-order valence-electron chi connectivity index (χ3n) is 4.87. The summed E-state index contributed by atoms with van der Waals surface area (Å²) >= 11 is 0. The summed E-state index contributed by atoms with van der Waals surface area (Å²) in [5.74, 6) is -0.530. The van der Waals surface area contributed by atoms with E-state index >= 15 is 0 Å². The Morgan fingerprint density at radius 3 is 2.57 bits per heavy atom. The van der Waals surface area contributed by atoms with Crippen LogP contribution in [0.2, 0.25) is 0 Å². The number of hydrogen-bond acceptors (Lipinski definition) is 5. The monoisotopic (exact) mass is 375 g/mol. The standard InChI is InChI=1S/C21H15F2N5/c1-13-21(15-4-6-16(22)7-5-15,18-3-2-9-26-19(18)23)28-20(27-13)14-8-10-25-17(11-14)12-24/h2-11,13H,1H3,(H,27,28)/t13-,21+/m0/s1. The molecule has 28 heavy (non-hydrogen) atoms. The highest BCUT2D eigenvalue weighted by atomic mass is 19.1. The van der Waals surface area contributed by atoms with Crippen LogP contribution in [-0.2, 0) is 5.54 Å². The third-order valence-corrected chi connectivity index (χ3v) is 4.87. The summed E-state index contributed by atoms with van der Waals surface area (Å²) in [6.45, 7) is 1.87. The van der Waals surface area contributed by atoms with Gasteiger partial charge in [-0.05, 0) is 42.8 Å². The Kier molecular flexibility index (Phi) is 4.32. The number of pyridine rings is 2. The summed E-state index contributed by atoms with van der Waals surface area (Å²) in [4.78, 5) is 12.6. The van der Waals surface area contributed by atoms with Crippen molar-refractivity contribution in [3.05, 3.63) is 95.1 Å². The van der Waals surface area contributed by atoms with Crippen LogP contribution in [0.1, 0.15) is 29.3 Å². The fourth-order valence-electron chi connectivity index (χ4n) is 3.54. The average Bonchev–Trinajstić information content (AvgIpc) is 3.07. The fourth-order valence-corrected chi connectivity index (χ4v) is 3.54. The van der Waals surface area contributed by atoms with Crippen LogP contribution in [0.3, 0.4) is 0 Å². The first kappa shape index (κ1) is 17.7. The number of aromatic nitrogens is 2. The number of nitrogens with one attached hydrogen (secondary N) is 1. The smallest absolute Gasteiger partial charge is 0.218 e. The van der Waals surface area contributed by atoms with E-state index in [4.69, 9.17) is 10.3 Å². The second kappa shape index (κ2) is 6.82. The van der Waals surface area contributed by atoms with Gasteiger partial charge < -0.3 is 5.32 Å². The molecule has 1 aromatic carbocycles. The summed E-state index contributed by atoms with van der Waals surface area (Å²) in [6, 6.07) is 14.1. The molecule has 0 unspecified atom stereocenters. The van der Waals surface area contributed by atoms with Gasteiger partial charge in [-0.3, -0.25) is 0 Å². The van der Waals surface area contributed by atoms with E-state index in [-0.39, 0.29) is 23.1 Å². The topological polar surface area (TPSA) is 74.0 Å². The van der Waals surface area contributed by atoms with Crippen LogP contribution in [-0.4, -0.2) is 21.8 Å². The van der Waals surface area contributed by atoms with Gasteiger partial charge in [-0.15, -0.1) is 0 Å². The number of rotatable bonds is 3. The van der Waals surface area contributed by atoms with Crippen molar-refractivity contribution in [2.45, 2.75) is 18.5 Å². The number of hydrogen-bond donors (Lipinski definition) is 1. The largest absolute Gasteiger partial charge is 0.364 e. The molecule has 1 aliphatic heterocycles. The van der Waals surface area contributed by atoms with Crippen molar-refractivity contribution in [2.24, 2.45) is 4.99 Å². The van der Waals surface area contributed by atoms with Crippen LogP contribution in [0.5, 0.6) is 0 Å². The molecule has 4 rings (SSSR count). The number of halogens is 2. The fraction of sp³-hybridized carbons (Fsp3) is 0.143. The highest BCUT2D eigenvalue weighted by Crippen LogP contribution is 2.41. The molecule has 0 fully saturated rings. The number of aliphatic imine (C=N–C) groups is 1. The van der Waals surface area contributed by atoms with Crippen molar-refractivity contribution in [1.82, 2.24) is 15.3 Å². The molecule has 3 heterocycles. The van der Waals surface area contributed by atoms with Gasteiger partial charge in [0.1, 0.15) is 29.0 Å². The summed E-state index contributed by atoms with van der Waals surface area (Å²) in [5.41, 5.74) is 0.682. The molecule has 0 saturated carbocycles. The van der Waals surface area contributed by atoms with Crippen LogP contribution in [0.25, 0.3) is 0 Å². The lowest BCUT2D eigenvalue weighted by Crippen LogP contribution is -2.41. The number of nitriles is 1. The van der Waals surface area contributed by atoms with Gasteiger partial charge in [0.05, 0.1) is 6.04 Å². The maximum absolute atomic E-state index is 14.7. The normalized spacial score (nSPS) is 20.9. The zero-order chi connectivity index (χ0) is 19.7. The van der Waals surface area contributed by atoms with Crippen molar-refractivity contribution >= 4 is 5.84 Å². The Morgan fingerprint density at radius 1 is 1.07 bits per heavy atom. The minimum absolute atomic E-state index is 0.251. The summed E-state index contributed by atoms with van der Waals surface area (Å²) in [7, 11) is 0. The van der Waals surface area contributed by atoms with Gasteiger partial charge in [0.15, 0.2) is 0 Å². The summed E-state index contributed by atoms with van der Waals surface area (Å²) < 4.78 is 28.3. The second-order valence-corrected chi connectivity index (χ2v) is 6.48. The Morgan fingerprint density at radius 2 is 1.86 bits per heavy atom. The van der Waals surface area contributed by atoms with Crippen molar-refractivity contribution < 1.29 is 8.78 Å². The van der Waals surface area contributed by atoms with Crippen molar-refractivity contribution in [1.29, 1.82) is 5.26 Å². The lowest BCUT2D eigenvalue weighted by Gasteiger charge is -2.31. The minimum Gasteiger partial charge on any atom is -0.364 e. The van der Waals surface area contributed by atoms with E-state index in [2.05, 4.69) is 15.3 Å². The SMILES string of the molecule is C[C@@H]1NC(c2ccnc(C#N)c2)=N[C@]1(c1ccc(F)cc1)c1cccnc1F. The lowest BCUT2D eigenvalue weighted by atomic mass is 9.79. The highest BCUT2D eigenvalue weighted by molar-refractivity contribution is 6.01. The van der Waals surface area contributed by atoms with Crippen molar-refractivity contribution in [3.63, 3.8) is 0 Å². The molecular formula is C21H15F2N5. The zero-order valence-corrected chi connectivity index (χ0v) is 14.9. The molecule has 0 radical (unpaired) electrons. The van der Waals surface area contributed by atoms with E-state index < -0.39 is 11.5 Å². The van der Waals surface area contributed by atoms with Crippen LogP contribution in [0, 0.1) is 23.1 Å². The van der Waals surface area contributed by atoms with Gasteiger partial charge in [0, 0.05) is 23.5 Å². The lowest BCUT2D eigenvalue weighted by molar-refractivity contribution is 0.422. The quantitative estimate of drug-likeness (QED) is 0.713.